The van der Waals surface area contributed by atoms with Crippen molar-refractivity contribution in [3.63, 3.8) is 0 Å². The van der Waals surface area contributed by atoms with Crippen LogP contribution in [0.3, 0.4) is 0 Å². The lowest BCUT2D eigenvalue weighted by Crippen LogP contribution is -2.51. The maximum Gasteiger partial charge on any atom is 0.226 e. The van der Waals surface area contributed by atoms with Gasteiger partial charge in [-0.3, -0.25) is 9.69 Å². The van der Waals surface area contributed by atoms with Crippen LogP contribution in [0.25, 0.3) is 0 Å². The maximum absolute atomic E-state index is 12.8. The maximum atomic E-state index is 12.8. The van der Waals surface area contributed by atoms with Gasteiger partial charge >= 0.3 is 0 Å². The second-order valence-corrected chi connectivity index (χ2v) is 9.04. The molecule has 0 aromatic carbocycles. The summed E-state index contributed by atoms with van der Waals surface area (Å²) in [5.41, 5.74) is 1.25. The summed E-state index contributed by atoms with van der Waals surface area (Å²) in [5, 5.41) is 0. The summed E-state index contributed by atoms with van der Waals surface area (Å²) in [6, 6.07) is 0.606. The van der Waals surface area contributed by atoms with Crippen molar-refractivity contribution in [1.82, 2.24) is 19.8 Å². The smallest absolute Gasteiger partial charge is 0.226 e. The van der Waals surface area contributed by atoms with Gasteiger partial charge in [-0.1, -0.05) is 13.8 Å². The van der Waals surface area contributed by atoms with E-state index in [1.807, 2.05) is 6.20 Å². The van der Waals surface area contributed by atoms with Crippen molar-refractivity contribution in [2.24, 2.45) is 5.92 Å². The van der Waals surface area contributed by atoms with Gasteiger partial charge in [0.2, 0.25) is 5.91 Å². The zero-order valence-electron chi connectivity index (χ0n) is 17.5. The number of amides is 1. The third-order valence-corrected chi connectivity index (χ3v) is 6.84. The number of rotatable bonds is 4. The van der Waals surface area contributed by atoms with Gasteiger partial charge in [-0.05, 0) is 51.0 Å². The molecule has 3 aliphatic heterocycles. The summed E-state index contributed by atoms with van der Waals surface area (Å²) in [6.45, 7) is 10.6. The predicted octanol–water partition coefficient (Wildman–Crippen LogP) is 2.90. The third kappa shape index (κ3) is 4.17. The van der Waals surface area contributed by atoms with E-state index in [0.29, 0.717) is 17.9 Å². The summed E-state index contributed by atoms with van der Waals surface area (Å²) in [7, 11) is 0. The molecule has 0 spiro atoms. The molecular formula is C22H35N5O. The lowest BCUT2D eigenvalue weighted by molar-refractivity contribution is -0.136. The number of hydrogen-bond donors (Lipinski definition) is 0. The molecule has 3 saturated heterocycles. The van der Waals surface area contributed by atoms with E-state index < -0.39 is 0 Å². The number of aromatic nitrogens is 2. The summed E-state index contributed by atoms with van der Waals surface area (Å²) >= 11 is 0. The van der Waals surface area contributed by atoms with Crippen LogP contribution < -0.4 is 4.90 Å². The first-order valence-electron chi connectivity index (χ1n) is 11.2. The van der Waals surface area contributed by atoms with Gasteiger partial charge in [0.05, 0.1) is 5.92 Å². The van der Waals surface area contributed by atoms with Crippen molar-refractivity contribution >= 4 is 11.7 Å². The first-order chi connectivity index (χ1) is 13.6. The molecule has 0 unspecified atom stereocenters. The molecule has 3 aliphatic rings. The SMILES string of the molecule is CC(C)c1cncnc1N1CCC(N2CCC[C@@H](C(=O)N3CCCC3)C2)CC1. The van der Waals surface area contributed by atoms with Crippen molar-refractivity contribution in [3.8, 4) is 0 Å². The van der Waals surface area contributed by atoms with Gasteiger partial charge in [-0.2, -0.15) is 0 Å². The zero-order chi connectivity index (χ0) is 19.5. The van der Waals surface area contributed by atoms with Crippen LogP contribution in [0.2, 0.25) is 0 Å². The molecule has 4 heterocycles. The highest BCUT2D eigenvalue weighted by Crippen LogP contribution is 2.30. The Kier molecular flexibility index (Phi) is 6.14. The average molecular weight is 386 g/mol. The van der Waals surface area contributed by atoms with Gasteiger partial charge in [-0.15, -0.1) is 0 Å². The van der Waals surface area contributed by atoms with Gasteiger partial charge in [0.1, 0.15) is 12.1 Å². The van der Waals surface area contributed by atoms with E-state index in [1.54, 1.807) is 6.33 Å². The van der Waals surface area contributed by atoms with Crippen LogP contribution in [-0.4, -0.2) is 71.0 Å². The van der Waals surface area contributed by atoms with Gasteiger partial charge in [-0.25, -0.2) is 9.97 Å². The lowest BCUT2D eigenvalue weighted by Gasteiger charge is -2.43. The lowest BCUT2D eigenvalue weighted by atomic mass is 9.92. The molecule has 6 heteroatoms. The molecule has 1 amide bonds. The fourth-order valence-electron chi connectivity index (χ4n) is 5.18. The van der Waals surface area contributed by atoms with Crippen molar-refractivity contribution in [2.75, 3.05) is 44.2 Å². The number of piperidine rings is 2. The summed E-state index contributed by atoms with van der Waals surface area (Å²) in [4.78, 5) is 28.8. The van der Waals surface area contributed by atoms with E-state index in [0.717, 1.165) is 70.8 Å². The summed E-state index contributed by atoms with van der Waals surface area (Å²) < 4.78 is 0. The second-order valence-electron chi connectivity index (χ2n) is 9.04. The molecule has 154 valence electrons. The summed E-state index contributed by atoms with van der Waals surface area (Å²) in [5.74, 6) is 2.19. The van der Waals surface area contributed by atoms with E-state index in [1.165, 1.54) is 18.4 Å². The van der Waals surface area contributed by atoms with Crippen LogP contribution >= 0.6 is 0 Å². The quantitative estimate of drug-likeness (QED) is 0.798. The Morgan fingerprint density at radius 2 is 1.79 bits per heavy atom. The van der Waals surface area contributed by atoms with Crippen LogP contribution in [0.1, 0.15) is 63.9 Å². The Morgan fingerprint density at radius 3 is 2.50 bits per heavy atom. The molecule has 0 saturated carbocycles. The fraction of sp³-hybridized carbons (Fsp3) is 0.773. The normalized spacial score (nSPS) is 24.9. The highest BCUT2D eigenvalue weighted by Gasteiger charge is 2.34. The largest absolute Gasteiger partial charge is 0.356 e. The van der Waals surface area contributed by atoms with E-state index in [4.69, 9.17) is 0 Å². The Balaban J connectivity index is 1.34. The summed E-state index contributed by atoms with van der Waals surface area (Å²) in [6.07, 6.45) is 10.6. The number of carbonyl (C=O) groups is 1. The van der Waals surface area contributed by atoms with Crippen LogP contribution in [0, 0.1) is 5.92 Å². The van der Waals surface area contributed by atoms with Crippen molar-refractivity contribution in [2.45, 2.75) is 64.3 Å². The van der Waals surface area contributed by atoms with Gasteiger partial charge in [0, 0.05) is 50.5 Å². The van der Waals surface area contributed by atoms with E-state index >= 15 is 0 Å². The molecule has 28 heavy (non-hydrogen) atoms. The van der Waals surface area contributed by atoms with Crippen LogP contribution in [0.4, 0.5) is 5.82 Å². The Hall–Kier alpha value is -1.69. The zero-order valence-corrected chi connectivity index (χ0v) is 17.5. The molecule has 1 aromatic heterocycles. The minimum Gasteiger partial charge on any atom is -0.356 e. The first-order valence-corrected chi connectivity index (χ1v) is 11.2. The average Bonchev–Trinajstić information content (AvgIpc) is 3.28. The van der Waals surface area contributed by atoms with Crippen molar-refractivity contribution < 1.29 is 4.79 Å². The molecule has 0 N–H and O–H groups in total. The van der Waals surface area contributed by atoms with Gasteiger partial charge in [0.15, 0.2) is 0 Å². The Bertz CT molecular complexity index is 665. The van der Waals surface area contributed by atoms with Crippen molar-refractivity contribution in [3.05, 3.63) is 18.1 Å². The van der Waals surface area contributed by atoms with Crippen LogP contribution in [0.5, 0.6) is 0 Å². The van der Waals surface area contributed by atoms with Crippen LogP contribution in [-0.2, 0) is 4.79 Å². The van der Waals surface area contributed by atoms with Crippen molar-refractivity contribution in [1.29, 1.82) is 0 Å². The molecule has 0 aliphatic carbocycles. The molecule has 4 rings (SSSR count). The Labute approximate surface area is 169 Å². The number of hydrogen-bond acceptors (Lipinski definition) is 5. The van der Waals surface area contributed by atoms with Gasteiger partial charge in [0.25, 0.3) is 0 Å². The molecule has 3 fully saturated rings. The number of nitrogens with zero attached hydrogens (tertiary/aromatic N) is 5. The molecule has 1 atom stereocenters. The fourth-order valence-corrected chi connectivity index (χ4v) is 5.18. The monoisotopic (exact) mass is 385 g/mol. The molecular weight excluding hydrogens is 350 g/mol. The van der Waals surface area contributed by atoms with E-state index in [-0.39, 0.29) is 5.92 Å². The minimum atomic E-state index is 0.222. The highest BCUT2D eigenvalue weighted by molar-refractivity contribution is 5.79. The first kappa shape index (κ1) is 19.6. The highest BCUT2D eigenvalue weighted by atomic mass is 16.2. The molecule has 0 bridgehead atoms. The van der Waals surface area contributed by atoms with Gasteiger partial charge < -0.3 is 9.80 Å². The van der Waals surface area contributed by atoms with E-state index in [2.05, 4.69) is 38.5 Å². The van der Waals surface area contributed by atoms with E-state index in [9.17, 15) is 4.79 Å². The standard InChI is InChI=1S/C22H35N5O/c1-17(2)20-14-23-16-24-21(20)25-12-7-19(8-13-25)27-11-5-6-18(15-27)22(28)26-9-3-4-10-26/h14,16-19H,3-13,15H2,1-2H3/t18-/m1/s1. The van der Waals surface area contributed by atoms with Crippen LogP contribution in [0.15, 0.2) is 12.5 Å². The second kappa shape index (κ2) is 8.76. The molecule has 1 aromatic rings. The molecule has 6 nitrogen and oxygen atoms in total. The third-order valence-electron chi connectivity index (χ3n) is 6.84. The number of likely N-dealkylation sites (tertiary alicyclic amines) is 2. The minimum absolute atomic E-state index is 0.222. The molecule has 0 radical (unpaired) electrons. The number of carbonyl (C=O) groups excluding carboxylic acids is 1. The predicted molar refractivity (Wildman–Crippen MR) is 111 cm³/mol. The number of anilines is 1. The topological polar surface area (TPSA) is 52.6 Å². The Morgan fingerprint density at radius 1 is 1.04 bits per heavy atom.